The number of hydrogen-bond donors (Lipinski definition) is 1. The molecule has 2 amide bonds. The molecule has 1 saturated carbocycles. The lowest BCUT2D eigenvalue weighted by Crippen LogP contribution is -2.52. The van der Waals surface area contributed by atoms with E-state index < -0.39 is 6.04 Å². The molecule has 184 valence electrons. The summed E-state index contributed by atoms with van der Waals surface area (Å²) in [5.74, 6) is 0.758. The zero-order valence-electron chi connectivity index (χ0n) is 20.6. The fourth-order valence-electron chi connectivity index (χ4n) is 4.46. The normalized spacial score (nSPS) is 15.1. The largest absolute Gasteiger partial charge is 0.483 e. The van der Waals surface area contributed by atoms with Crippen molar-refractivity contribution in [1.29, 1.82) is 0 Å². The summed E-state index contributed by atoms with van der Waals surface area (Å²) in [6, 6.07) is 15.4. The first-order valence-corrected chi connectivity index (χ1v) is 13.2. The Morgan fingerprint density at radius 1 is 1.09 bits per heavy atom. The Morgan fingerprint density at radius 2 is 1.79 bits per heavy atom. The van der Waals surface area contributed by atoms with E-state index in [4.69, 9.17) is 4.74 Å². The van der Waals surface area contributed by atoms with E-state index in [1.54, 1.807) is 4.90 Å². The minimum Gasteiger partial charge on any atom is -0.483 e. The van der Waals surface area contributed by atoms with Gasteiger partial charge in [-0.15, -0.1) is 0 Å². The third kappa shape index (κ3) is 7.33. The van der Waals surface area contributed by atoms with E-state index in [2.05, 4.69) is 35.1 Å². The van der Waals surface area contributed by atoms with E-state index in [9.17, 15) is 9.59 Å². The number of benzene rings is 2. The molecule has 0 unspecified atom stereocenters. The van der Waals surface area contributed by atoms with Gasteiger partial charge in [-0.1, -0.05) is 76.4 Å². The second kappa shape index (κ2) is 12.9. The van der Waals surface area contributed by atoms with Crippen LogP contribution in [0.5, 0.6) is 5.75 Å². The van der Waals surface area contributed by atoms with Crippen LogP contribution in [0, 0.1) is 0 Å². The highest BCUT2D eigenvalue weighted by atomic mass is 79.9. The summed E-state index contributed by atoms with van der Waals surface area (Å²) in [5, 5.41) is 3.21. The smallest absolute Gasteiger partial charge is 0.261 e. The van der Waals surface area contributed by atoms with Crippen LogP contribution in [0.4, 0.5) is 0 Å². The van der Waals surface area contributed by atoms with Crippen LogP contribution in [0.15, 0.2) is 53.0 Å². The molecule has 0 heterocycles. The highest BCUT2D eigenvalue weighted by Gasteiger charge is 2.30. The molecule has 0 aromatic heterocycles. The van der Waals surface area contributed by atoms with Crippen molar-refractivity contribution in [1.82, 2.24) is 10.2 Å². The maximum absolute atomic E-state index is 13.4. The molecular weight excluding hydrogens is 492 g/mol. The van der Waals surface area contributed by atoms with Gasteiger partial charge in [0.25, 0.3) is 5.91 Å². The topological polar surface area (TPSA) is 58.6 Å². The molecule has 3 rings (SSSR count). The average molecular weight is 530 g/mol. The van der Waals surface area contributed by atoms with Crippen molar-refractivity contribution in [2.45, 2.75) is 83.8 Å². The fraction of sp³-hybridized carbons (Fsp3) is 0.500. The molecule has 1 N–H and O–H groups in total. The fourth-order valence-corrected chi connectivity index (χ4v) is 4.97. The summed E-state index contributed by atoms with van der Waals surface area (Å²) in [5.41, 5.74) is 2.18. The highest BCUT2D eigenvalue weighted by molar-refractivity contribution is 9.10. The molecule has 0 aliphatic heterocycles. The standard InChI is InChI=1S/C28H37BrN2O3/c1-4-25(28(33)30-23-13-9-6-10-14-23)31(18-21-11-7-5-8-12-21)27(32)19-34-26-16-15-22(20(2)3)17-24(26)29/h5,7-8,11-12,15-17,20,23,25H,4,6,9-10,13-14,18-19H2,1-3H3,(H,30,33)/t25-/m1/s1. The van der Waals surface area contributed by atoms with E-state index in [1.807, 2.05) is 55.5 Å². The molecule has 1 fully saturated rings. The molecule has 0 saturated heterocycles. The van der Waals surface area contributed by atoms with Crippen LogP contribution >= 0.6 is 15.9 Å². The summed E-state index contributed by atoms with van der Waals surface area (Å²) in [6.45, 7) is 6.47. The van der Waals surface area contributed by atoms with E-state index in [-0.39, 0.29) is 24.5 Å². The molecule has 2 aromatic carbocycles. The first kappa shape index (κ1) is 26.3. The molecule has 6 heteroatoms. The van der Waals surface area contributed by atoms with Crippen LogP contribution in [0.1, 0.15) is 76.3 Å². The second-order valence-corrected chi connectivity index (χ2v) is 10.3. The van der Waals surface area contributed by atoms with Crippen LogP contribution in [-0.4, -0.2) is 35.4 Å². The van der Waals surface area contributed by atoms with E-state index in [0.717, 1.165) is 35.7 Å². The van der Waals surface area contributed by atoms with Crippen LogP contribution in [-0.2, 0) is 16.1 Å². The molecule has 2 aromatic rings. The lowest BCUT2D eigenvalue weighted by molar-refractivity contribution is -0.143. The van der Waals surface area contributed by atoms with Crippen molar-refractivity contribution in [3.05, 3.63) is 64.1 Å². The molecule has 0 spiro atoms. The summed E-state index contributed by atoms with van der Waals surface area (Å²) in [4.78, 5) is 28.3. The number of rotatable bonds is 10. The number of hydrogen-bond acceptors (Lipinski definition) is 3. The third-order valence-corrected chi connectivity index (χ3v) is 7.13. The first-order valence-electron chi connectivity index (χ1n) is 12.4. The predicted molar refractivity (Wildman–Crippen MR) is 140 cm³/mol. The van der Waals surface area contributed by atoms with Gasteiger partial charge in [0.1, 0.15) is 11.8 Å². The van der Waals surface area contributed by atoms with Crippen molar-refractivity contribution in [3.63, 3.8) is 0 Å². The number of ether oxygens (including phenoxy) is 1. The average Bonchev–Trinajstić information content (AvgIpc) is 2.84. The van der Waals surface area contributed by atoms with Crippen molar-refractivity contribution in [3.8, 4) is 5.75 Å². The number of nitrogens with zero attached hydrogens (tertiary/aromatic N) is 1. The SMILES string of the molecule is CC[C@H](C(=O)NC1CCCCC1)N(Cc1ccccc1)C(=O)COc1ccc(C(C)C)cc1Br. The maximum atomic E-state index is 13.4. The summed E-state index contributed by atoms with van der Waals surface area (Å²) in [6.07, 6.45) is 6.09. The minimum absolute atomic E-state index is 0.0684. The van der Waals surface area contributed by atoms with Crippen LogP contribution in [0.25, 0.3) is 0 Å². The van der Waals surface area contributed by atoms with Gasteiger partial charge in [-0.25, -0.2) is 0 Å². The summed E-state index contributed by atoms with van der Waals surface area (Å²) < 4.78 is 6.73. The molecule has 5 nitrogen and oxygen atoms in total. The lowest BCUT2D eigenvalue weighted by Gasteiger charge is -2.32. The Morgan fingerprint density at radius 3 is 2.41 bits per heavy atom. The van der Waals surface area contributed by atoms with Crippen LogP contribution in [0.2, 0.25) is 0 Å². The first-order chi connectivity index (χ1) is 16.4. The highest BCUT2D eigenvalue weighted by Crippen LogP contribution is 2.29. The van der Waals surface area contributed by atoms with Gasteiger partial charge in [0.2, 0.25) is 5.91 Å². The third-order valence-electron chi connectivity index (χ3n) is 6.51. The molecule has 1 atom stereocenters. The second-order valence-electron chi connectivity index (χ2n) is 9.41. The Kier molecular flexibility index (Phi) is 10.00. The predicted octanol–water partition coefficient (Wildman–Crippen LogP) is 6.21. The Labute approximate surface area is 212 Å². The van der Waals surface area contributed by atoms with Crippen molar-refractivity contribution in [2.24, 2.45) is 0 Å². The minimum atomic E-state index is -0.537. The van der Waals surface area contributed by atoms with Gasteiger partial charge in [0.05, 0.1) is 4.47 Å². The zero-order valence-corrected chi connectivity index (χ0v) is 22.1. The van der Waals surface area contributed by atoms with E-state index in [1.165, 1.54) is 12.0 Å². The number of halogens is 1. The summed E-state index contributed by atoms with van der Waals surface area (Å²) in [7, 11) is 0. The Hall–Kier alpha value is -2.34. The van der Waals surface area contributed by atoms with Gasteiger partial charge >= 0.3 is 0 Å². The molecule has 1 aliphatic carbocycles. The molecule has 34 heavy (non-hydrogen) atoms. The number of nitrogens with one attached hydrogen (secondary N) is 1. The van der Waals surface area contributed by atoms with Crippen molar-refractivity contribution in [2.75, 3.05) is 6.61 Å². The van der Waals surface area contributed by atoms with Gasteiger partial charge in [-0.2, -0.15) is 0 Å². The van der Waals surface area contributed by atoms with E-state index in [0.29, 0.717) is 24.6 Å². The summed E-state index contributed by atoms with van der Waals surface area (Å²) >= 11 is 3.56. The number of amides is 2. The van der Waals surface area contributed by atoms with Gasteiger partial charge in [0.15, 0.2) is 6.61 Å². The van der Waals surface area contributed by atoms with Gasteiger partial charge in [0, 0.05) is 12.6 Å². The monoisotopic (exact) mass is 528 g/mol. The van der Waals surface area contributed by atoms with Crippen LogP contribution in [0.3, 0.4) is 0 Å². The quantitative estimate of drug-likeness (QED) is 0.398. The molecule has 1 aliphatic rings. The van der Waals surface area contributed by atoms with Gasteiger partial charge < -0.3 is 15.0 Å². The molecular formula is C28H37BrN2O3. The molecule has 0 radical (unpaired) electrons. The van der Waals surface area contributed by atoms with Gasteiger partial charge in [-0.3, -0.25) is 9.59 Å². The Bertz CT molecular complexity index is 942. The zero-order chi connectivity index (χ0) is 24.5. The molecule has 0 bridgehead atoms. The number of carbonyl (C=O) groups is 2. The number of carbonyl (C=O) groups excluding carboxylic acids is 2. The maximum Gasteiger partial charge on any atom is 0.261 e. The van der Waals surface area contributed by atoms with E-state index >= 15 is 0 Å². The lowest BCUT2D eigenvalue weighted by atomic mass is 9.95. The van der Waals surface area contributed by atoms with Gasteiger partial charge in [-0.05, 0) is 64.4 Å². The van der Waals surface area contributed by atoms with Crippen LogP contribution < -0.4 is 10.1 Å². The van der Waals surface area contributed by atoms with Crippen molar-refractivity contribution >= 4 is 27.7 Å². The Balaban J connectivity index is 1.74. The van der Waals surface area contributed by atoms with Crippen molar-refractivity contribution < 1.29 is 14.3 Å².